The predicted molar refractivity (Wildman–Crippen MR) is 121 cm³/mol. The van der Waals surface area contributed by atoms with E-state index in [9.17, 15) is 13.2 Å². The molecule has 1 N–H and O–H groups in total. The first-order valence-corrected chi connectivity index (χ1v) is 12.2. The Morgan fingerprint density at radius 1 is 1.26 bits per heavy atom. The third kappa shape index (κ3) is 5.75. The van der Waals surface area contributed by atoms with E-state index in [2.05, 4.69) is 15.2 Å². The molecule has 1 amide bonds. The molecule has 0 saturated carbocycles. The van der Waals surface area contributed by atoms with Crippen molar-refractivity contribution < 1.29 is 13.2 Å². The summed E-state index contributed by atoms with van der Waals surface area (Å²) in [5, 5.41) is 12.0. The molecule has 2 aromatic rings. The van der Waals surface area contributed by atoms with Gasteiger partial charge in [-0.3, -0.25) is 4.79 Å². The highest BCUT2D eigenvalue weighted by atomic mass is 35.5. The minimum atomic E-state index is -3.58. The Kier molecular flexibility index (Phi) is 7.56. The Morgan fingerprint density at radius 2 is 1.97 bits per heavy atom. The van der Waals surface area contributed by atoms with Crippen LogP contribution in [0.4, 0.5) is 5.69 Å². The maximum absolute atomic E-state index is 12.8. The van der Waals surface area contributed by atoms with Crippen LogP contribution in [0.2, 0.25) is 5.02 Å². The highest BCUT2D eigenvalue weighted by Gasteiger charge is 2.27. The quantitative estimate of drug-likeness (QED) is 0.634. The van der Waals surface area contributed by atoms with Crippen LogP contribution in [0, 0.1) is 11.3 Å². The van der Waals surface area contributed by atoms with Crippen LogP contribution < -0.4 is 5.32 Å². The summed E-state index contributed by atoms with van der Waals surface area (Å²) in [6.45, 7) is 4.01. The fraction of sp³-hybridized carbons (Fsp3) is 0.350. The zero-order chi connectivity index (χ0) is 22.6. The number of amides is 1. The zero-order valence-corrected chi connectivity index (χ0v) is 19.5. The van der Waals surface area contributed by atoms with Crippen molar-refractivity contribution in [1.82, 2.24) is 14.2 Å². The fourth-order valence-corrected chi connectivity index (χ4v) is 5.31. The van der Waals surface area contributed by atoms with E-state index in [1.165, 1.54) is 40.5 Å². The van der Waals surface area contributed by atoms with Gasteiger partial charge in [-0.25, -0.2) is 13.4 Å². The SMILES string of the molecule is CC(Sc1ccc(S(=O)(=O)N2CCN(C)CC2)cn1)C(=O)Nc1ccc(C#N)c(Cl)c1. The lowest BCUT2D eigenvalue weighted by Crippen LogP contribution is -2.47. The van der Waals surface area contributed by atoms with Gasteiger partial charge in [-0.1, -0.05) is 23.4 Å². The summed E-state index contributed by atoms with van der Waals surface area (Å²) in [4.78, 5) is 18.9. The number of hydrogen-bond donors (Lipinski definition) is 1. The molecule has 8 nitrogen and oxygen atoms in total. The highest BCUT2D eigenvalue weighted by molar-refractivity contribution is 8.00. The van der Waals surface area contributed by atoms with Crippen LogP contribution in [-0.2, 0) is 14.8 Å². The van der Waals surface area contributed by atoms with E-state index in [4.69, 9.17) is 16.9 Å². The van der Waals surface area contributed by atoms with E-state index in [1.807, 2.05) is 13.1 Å². The molecule has 0 aliphatic carbocycles. The molecule has 31 heavy (non-hydrogen) atoms. The molecule has 1 fully saturated rings. The lowest BCUT2D eigenvalue weighted by atomic mass is 10.2. The minimum Gasteiger partial charge on any atom is -0.325 e. The summed E-state index contributed by atoms with van der Waals surface area (Å²) in [5.41, 5.74) is 0.820. The van der Waals surface area contributed by atoms with Crippen molar-refractivity contribution in [1.29, 1.82) is 5.26 Å². The third-order valence-corrected chi connectivity index (χ3v) is 8.08. The Hall–Kier alpha value is -2.16. The molecule has 3 rings (SSSR count). The van der Waals surface area contributed by atoms with Crippen LogP contribution in [0.3, 0.4) is 0 Å². The standard InChI is InChI=1S/C20H22ClN5O3S2/c1-14(20(27)24-16-4-3-15(12-22)18(21)11-16)30-19-6-5-17(13-23-19)31(28,29)26-9-7-25(2)8-10-26/h3-6,11,13-14H,7-10H2,1-2H3,(H,24,27). The first-order chi connectivity index (χ1) is 14.7. The summed E-state index contributed by atoms with van der Waals surface area (Å²) in [6, 6.07) is 9.76. The molecule has 1 aromatic heterocycles. The van der Waals surface area contributed by atoms with Gasteiger partial charge < -0.3 is 10.2 Å². The number of sulfonamides is 1. The third-order valence-electron chi connectivity index (χ3n) is 4.83. The van der Waals surface area contributed by atoms with Gasteiger partial charge in [0, 0.05) is 38.1 Å². The molecular formula is C20H22ClN5O3S2. The average Bonchev–Trinajstić information content (AvgIpc) is 2.74. The van der Waals surface area contributed by atoms with Crippen LogP contribution >= 0.6 is 23.4 Å². The van der Waals surface area contributed by atoms with E-state index in [1.54, 1.807) is 19.1 Å². The van der Waals surface area contributed by atoms with Gasteiger partial charge in [-0.15, -0.1) is 0 Å². The maximum Gasteiger partial charge on any atom is 0.244 e. The van der Waals surface area contributed by atoms with Crippen molar-refractivity contribution in [3.63, 3.8) is 0 Å². The van der Waals surface area contributed by atoms with Gasteiger partial charge >= 0.3 is 0 Å². The number of pyridine rings is 1. The number of piperazine rings is 1. The molecule has 1 saturated heterocycles. The number of nitrogens with one attached hydrogen (secondary N) is 1. The molecule has 0 radical (unpaired) electrons. The number of likely N-dealkylation sites (N-methyl/N-ethyl adjacent to an activating group) is 1. The molecular weight excluding hydrogens is 458 g/mol. The predicted octanol–water partition coefficient (Wildman–Crippen LogP) is 2.66. The first kappa shape index (κ1) is 23.5. The Morgan fingerprint density at radius 3 is 2.55 bits per heavy atom. The van der Waals surface area contributed by atoms with E-state index in [0.717, 1.165) is 0 Å². The number of carbonyl (C=O) groups is 1. The highest BCUT2D eigenvalue weighted by Crippen LogP contribution is 2.26. The van der Waals surface area contributed by atoms with Crippen LogP contribution in [-0.4, -0.2) is 67.0 Å². The minimum absolute atomic E-state index is 0.144. The normalized spacial score (nSPS) is 16.5. The number of rotatable bonds is 6. The lowest BCUT2D eigenvalue weighted by molar-refractivity contribution is -0.115. The van der Waals surface area contributed by atoms with E-state index in [-0.39, 0.29) is 15.8 Å². The fourth-order valence-electron chi connectivity index (χ4n) is 2.93. The molecule has 1 atom stereocenters. The molecule has 164 valence electrons. The molecule has 1 unspecified atom stereocenters. The number of hydrogen-bond acceptors (Lipinski definition) is 7. The van der Waals surface area contributed by atoms with Gasteiger partial charge in [0.05, 0.1) is 20.9 Å². The van der Waals surface area contributed by atoms with Crippen LogP contribution in [0.5, 0.6) is 0 Å². The maximum atomic E-state index is 12.8. The molecule has 2 heterocycles. The Bertz CT molecular complexity index is 1090. The van der Waals surface area contributed by atoms with Crippen molar-refractivity contribution in [2.24, 2.45) is 0 Å². The molecule has 1 aromatic carbocycles. The average molecular weight is 480 g/mol. The van der Waals surface area contributed by atoms with Gasteiger partial charge in [-0.05, 0) is 44.3 Å². The molecule has 1 aliphatic rings. The molecule has 0 bridgehead atoms. The summed E-state index contributed by atoms with van der Waals surface area (Å²) in [5.74, 6) is -0.262. The van der Waals surface area contributed by atoms with Crippen molar-refractivity contribution in [2.45, 2.75) is 22.1 Å². The monoisotopic (exact) mass is 479 g/mol. The number of anilines is 1. The Labute approximate surface area is 191 Å². The summed E-state index contributed by atoms with van der Waals surface area (Å²) in [6.07, 6.45) is 1.33. The molecule has 1 aliphatic heterocycles. The topological polar surface area (TPSA) is 106 Å². The smallest absolute Gasteiger partial charge is 0.244 e. The first-order valence-electron chi connectivity index (χ1n) is 9.52. The number of benzene rings is 1. The van der Waals surface area contributed by atoms with Gasteiger partial charge in [0.1, 0.15) is 11.0 Å². The number of carbonyl (C=O) groups excluding carboxylic acids is 1. The van der Waals surface area contributed by atoms with Crippen molar-refractivity contribution >= 4 is 45.0 Å². The van der Waals surface area contributed by atoms with Crippen LogP contribution in [0.25, 0.3) is 0 Å². The van der Waals surface area contributed by atoms with Gasteiger partial charge in [-0.2, -0.15) is 9.57 Å². The number of nitrogens with zero attached hydrogens (tertiary/aromatic N) is 4. The number of aromatic nitrogens is 1. The van der Waals surface area contributed by atoms with Gasteiger partial charge in [0.2, 0.25) is 15.9 Å². The van der Waals surface area contributed by atoms with Crippen molar-refractivity contribution in [2.75, 3.05) is 38.5 Å². The van der Waals surface area contributed by atoms with Crippen LogP contribution in [0.15, 0.2) is 46.5 Å². The van der Waals surface area contributed by atoms with E-state index >= 15 is 0 Å². The zero-order valence-electron chi connectivity index (χ0n) is 17.1. The summed E-state index contributed by atoms with van der Waals surface area (Å²) < 4.78 is 27.0. The second kappa shape index (κ2) is 9.97. The second-order valence-corrected chi connectivity index (χ2v) is 10.8. The van der Waals surface area contributed by atoms with Gasteiger partial charge in [0.25, 0.3) is 0 Å². The number of thioether (sulfide) groups is 1. The summed E-state index contributed by atoms with van der Waals surface area (Å²) in [7, 11) is -1.61. The molecule has 0 spiro atoms. The number of nitriles is 1. The Balaban J connectivity index is 1.62. The largest absolute Gasteiger partial charge is 0.325 e. The summed E-state index contributed by atoms with van der Waals surface area (Å²) >= 11 is 7.21. The second-order valence-electron chi connectivity index (χ2n) is 7.10. The van der Waals surface area contributed by atoms with E-state index in [0.29, 0.717) is 42.5 Å². The lowest BCUT2D eigenvalue weighted by Gasteiger charge is -2.31. The number of halogens is 1. The van der Waals surface area contributed by atoms with Crippen LogP contribution in [0.1, 0.15) is 12.5 Å². The van der Waals surface area contributed by atoms with Crippen molar-refractivity contribution in [3.8, 4) is 6.07 Å². The van der Waals surface area contributed by atoms with Crippen molar-refractivity contribution in [3.05, 3.63) is 47.1 Å². The molecule has 11 heteroatoms. The van der Waals surface area contributed by atoms with E-state index < -0.39 is 15.3 Å². The van der Waals surface area contributed by atoms with Gasteiger partial charge in [0.15, 0.2) is 0 Å².